The maximum Gasteiger partial charge on any atom is 0.289 e. The maximum absolute atomic E-state index is 12.7. The molecule has 1 aliphatic heterocycles. The van der Waals surface area contributed by atoms with Gasteiger partial charge in [-0.25, -0.2) is 0 Å². The predicted octanol–water partition coefficient (Wildman–Crippen LogP) is 3.34. The molecule has 1 saturated heterocycles. The van der Waals surface area contributed by atoms with Gasteiger partial charge >= 0.3 is 0 Å². The van der Waals surface area contributed by atoms with E-state index >= 15 is 0 Å². The Labute approximate surface area is 172 Å². The fourth-order valence-corrected chi connectivity index (χ4v) is 3.43. The van der Waals surface area contributed by atoms with Crippen LogP contribution < -0.4 is 0 Å². The van der Waals surface area contributed by atoms with Crippen LogP contribution in [0.25, 0.3) is 17.0 Å². The van der Waals surface area contributed by atoms with Crippen LogP contribution in [0.5, 0.6) is 0 Å². The number of carbonyl (C=O) groups is 2. The van der Waals surface area contributed by atoms with Crippen LogP contribution in [-0.2, 0) is 4.79 Å². The van der Waals surface area contributed by atoms with Gasteiger partial charge in [0.1, 0.15) is 5.58 Å². The van der Waals surface area contributed by atoms with Crippen molar-refractivity contribution in [1.29, 1.82) is 0 Å². The molecule has 0 spiro atoms. The number of nitrogens with zero attached hydrogens (tertiary/aromatic N) is 3. The fraction of sp³-hybridized carbons (Fsp3) is 0.182. The van der Waals surface area contributed by atoms with Crippen molar-refractivity contribution in [2.24, 2.45) is 0 Å². The number of furan rings is 1. The highest BCUT2D eigenvalue weighted by Gasteiger charge is 2.26. The number of rotatable bonds is 4. The van der Waals surface area contributed by atoms with Gasteiger partial charge < -0.3 is 14.2 Å². The summed E-state index contributed by atoms with van der Waals surface area (Å²) in [5, 5.41) is 11.9. The van der Waals surface area contributed by atoms with Gasteiger partial charge in [0, 0.05) is 43.7 Å². The zero-order chi connectivity index (χ0) is 21.1. The van der Waals surface area contributed by atoms with Gasteiger partial charge in [0.05, 0.1) is 10.5 Å². The van der Waals surface area contributed by atoms with Crippen LogP contribution >= 0.6 is 0 Å². The summed E-state index contributed by atoms with van der Waals surface area (Å²) in [5.41, 5.74) is 0.979. The summed E-state index contributed by atoms with van der Waals surface area (Å²) in [4.78, 5) is 39.0. The van der Waals surface area contributed by atoms with Crippen molar-refractivity contribution in [3.05, 3.63) is 82.1 Å². The number of piperazine rings is 1. The van der Waals surface area contributed by atoms with Gasteiger partial charge in [0.2, 0.25) is 5.91 Å². The molecule has 0 saturated carbocycles. The van der Waals surface area contributed by atoms with Crippen LogP contribution in [0.3, 0.4) is 0 Å². The Morgan fingerprint density at radius 3 is 2.37 bits per heavy atom. The van der Waals surface area contributed by atoms with Gasteiger partial charge in [-0.3, -0.25) is 19.7 Å². The lowest BCUT2D eigenvalue weighted by Gasteiger charge is -2.33. The third-order valence-electron chi connectivity index (χ3n) is 5.05. The molecule has 152 valence electrons. The van der Waals surface area contributed by atoms with Crippen molar-refractivity contribution in [2.45, 2.75) is 0 Å². The fourth-order valence-electron chi connectivity index (χ4n) is 3.43. The van der Waals surface area contributed by atoms with Crippen LogP contribution in [0.2, 0.25) is 0 Å². The molecule has 0 bridgehead atoms. The van der Waals surface area contributed by atoms with E-state index in [4.69, 9.17) is 4.42 Å². The van der Waals surface area contributed by atoms with Gasteiger partial charge in [-0.2, -0.15) is 0 Å². The number of carbonyl (C=O) groups excluding carboxylic acids is 2. The van der Waals surface area contributed by atoms with Gasteiger partial charge in [-0.05, 0) is 24.3 Å². The molecule has 8 nitrogen and oxygen atoms in total. The molecule has 3 aromatic rings. The zero-order valence-electron chi connectivity index (χ0n) is 16.1. The van der Waals surface area contributed by atoms with Crippen LogP contribution in [0.4, 0.5) is 5.69 Å². The molecule has 0 radical (unpaired) electrons. The first-order chi connectivity index (χ1) is 14.5. The highest BCUT2D eigenvalue weighted by Crippen LogP contribution is 2.21. The number of para-hydroxylation sites is 2. The summed E-state index contributed by atoms with van der Waals surface area (Å²) in [6.45, 7) is 1.54. The highest BCUT2D eigenvalue weighted by molar-refractivity contribution is 5.96. The molecule has 2 heterocycles. The molecule has 2 amide bonds. The number of benzene rings is 2. The Kier molecular flexibility index (Phi) is 5.30. The van der Waals surface area contributed by atoms with Gasteiger partial charge in [-0.15, -0.1) is 0 Å². The minimum absolute atomic E-state index is 0.0530. The number of hydrogen-bond acceptors (Lipinski definition) is 5. The van der Waals surface area contributed by atoms with E-state index in [9.17, 15) is 19.7 Å². The SMILES string of the molecule is O=C(/C=C/c1ccccc1[N+](=O)[O-])N1CCN(C(=O)c2cc3ccccc3o2)CC1. The minimum Gasteiger partial charge on any atom is -0.451 e. The molecule has 8 heteroatoms. The Morgan fingerprint density at radius 2 is 1.63 bits per heavy atom. The molecule has 4 rings (SSSR count). The quantitative estimate of drug-likeness (QED) is 0.377. The lowest BCUT2D eigenvalue weighted by Crippen LogP contribution is -2.50. The van der Waals surface area contributed by atoms with Crippen molar-refractivity contribution < 1.29 is 18.9 Å². The topological polar surface area (TPSA) is 96.9 Å². The van der Waals surface area contributed by atoms with Crippen LogP contribution in [0, 0.1) is 10.1 Å². The Hall–Kier alpha value is -3.94. The third-order valence-corrected chi connectivity index (χ3v) is 5.05. The Bertz CT molecular complexity index is 1110. The molecule has 1 fully saturated rings. The molecule has 0 unspecified atom stereocenters. The maximum atomic E-state index is 12.7. The van der Waals surface area contributed by atoms with E-state index in [1.54, 1.807) is 34.1 Å². The van der Waals surface area contributed by atoms with E-state index in [0.29, 0.717) is 37.3 Å². The molecule has 0 atom stereocenters. The summed E-state index contributed by atoms with van der Waals surface area (Å²) >= 11 is 0. The van der Waals surface area contributed by atoms with Gasteiger partial charge in [-0.1, -0.05) is 30.3 Å². The Morgan fingerprint density at radius 1 is 0.967 bits per heavy atom. The van der Waals surface area contributed by atoms with E-state index in [-0.39, 0.29) is 23.3 Å². The molecule has 0 aliphatic carbocycles. The second-order valence-corrected chi connectivity index (χ2v) is 6.92. The molecule has 0 N–H and O–H groups in total. The van der Waals surface area contributed by atoms with Gasteiger partial charge in [0.15, 0.2) is 5.76 Å². The first kappa shape index (κ1) is 19.4. The molecule has 2 aromatic carbocycles. The number of amides is 2. The van der Waals surface area contributed by atoms with E-state index < -0.39 is 4.92 Å². The van der Waals surface area contributed by atoms with Crippen LogP contribution in [-0.4, -0.2) is 52.7 Å². The second-order valence-electron chi connectivity index (χ2n) is 6.92. The monoisotopic (exact) mass is 405 g/mol. The number of fused-ring (bicyclic) bond motifs is 1. The van der Waals surface area contributed by atoms with Crippen molar-refractivity contribution >= 4 is 34.5 Å². The number of hydrogen-bond donors (Lipinski definition) is 0. The van der Waals surface area contributed by atoms with Crippen molar-refractivity contribution in [1.82, 2.24) is 9.80 Å². The lowest BCUT2D eigenvalue weighted by molar-refractivity contribution is -0.385. The van der Waals surface area contributed by atoms with Crippen LogP contribution in [0.1, 0.15) is 16.1 Å². The average molecular weight is 405 g/mol. The van der Waals surface area contributed by atoms with Crippen molar-refractivity contribution in [3.63, 3.8) is 0 Å². The molecular formula is C22H19N3O5. The summed E-state index contributed by atoms with van der Waals surface area (Å²) in [5.74, 6) is -0.162. The average Bonchev–Trinajstić information content (AvgIpc) is 3.21. The minimum atomic E-state index is -0.480. The molecule has 1 aromatic heterocycles. The predicted molar refractivity (Wildman–Crippen MR) is 111 cm³/mol. The second kappa shape index (κ2) is 8.20. The first-order valence-corrected chi connectivity index (χ1v) is 9.51. The van der Waals surface area contributed by atoms with Crippen LogP contribution in [0.15, 0.2) is 65.1 Å². The van der Waals surface area contributed by atoms with Crippen molar-refractivity contribution in [3.8, 4) is 0 Å². The zero-order valence-corrected chi connectivity index (χ0v) is 16.1. The summed E-state index contributed by atoms with van der Waals surface area (Å²) in [6.07, 6.45) is 2.78. The molecule has 30 heavy (non-hydrogen) atoms. The largest absolute Gasteiger partial charge is 0.451 e. The molecule has 1 aliphatic rings. The van der Waals surface area contributed by atoms with Crippen molar-refractivity contribution in [2.75, 3.05) is 26.2 Å². The van der Waals surface area contributed by atoms with E-state index in [2.05, 4.69) is 0 Å². The first-order valence-electron chi connectivity index (χ1n) is 9.51. The number of nitro benzene ring substituents is 1. The smallest absolute Gasteiger partial charge is 0.289 e. The highest BCUT2D eigenvalue weighted by atomic mass is 16.6. The standard InChI is InChI=1S/C22H19N3O5/c26-21(10-9-16-5-1-3-7-18(16)25(28)29)23-11-13-24(14-12-23)22(27)20-15-17-6-2-4-8-19(17)30-20/h1-10,15H,11-14H2/b10-9+. The third kappa shape index (κ3) is 3.93. The lowest BCUT2D eigenvalue weighted by atomic mass is 10.1. The summed E-state index contributed by atoms with van der Waals surface area (Å²) in [7, 11) is 0. The molecular weight excluding hydrogens is 386 g/mol. The van der Waals surface area contributed by atoms with E-state index in [1.165, 1.54) is 18.2 Å². The summed E-state index contributed by atoms with van der Waals surface area (Å²) in [6, 6.07) is 15.4. The summed E-state index contributed by atoms with van der Waals surface area (Å²) < 4.78 is 5.64. The number of nitro groups is 1. The van der Waals surface area contributed by atoms with E-state index in [0.717, 1.165) is 5.39 Å². The van der Waals surface area contributed by atoms with Gasteiger partial charge in [0.25, 0.3) is 11.6 Å². The Balaban J connectivity index is 1.37. The normalized spacial score (nSPS) is 14.4. The van der Waals surface area contributed by atoms with E-state index in [1.807, 2.05) is 24.3 Å².